The topological polar surface area (TPSA) is 49.8 Å². The minimum absolute atomic E-state index is 0.223. The summed E-state index contributed by atoms with van der Waals surface area (Å²) in [4.78, 5) is 8.88. The van der Waals surface area contributed by atoms with Crippen molar-refractivity contribution in [3.05, 3.63) is 59.9 Å². The number of nitrogens with zero attached hydrogens (tertiary/aromatic N) is 2. The van der Waals surface area contributed by atoms with E-state index in [1.54, 1.807) is 31.5 Å². The second-order valence-corrected chi connectivity index (χ2v) is 9.34. The number of halogens is 2. The van der Waals surface area contributed by atoms with Gasteiger partial charge in [-0.3, -0.25) is 0 Å². The fourth-order valence-corrected chi connectivity index (χ4v) is 5.14. The van der Waals surface area contributed by atoms with Gasteiger partial charge in [0.1, 0.15) is 23.3 Å². The molecule has 0 amide bonds. The third-order valence-electron chi connectivity index (χ3n) is 6.99. The summed E-state index contributed by atoms with van der Waals surface area (Å²) in [6.45, 7) is 1.62. The first-order valence-electron chi connectivity index (χ1n) is 12.0. The highest BCUT2D eigenvalue weighted by atomic mass is 19.1. The zero-order valence-electron chi connectivity index (χ0n) is 19.0. The van der Waals surface area contributed by atoms with Gasteiger partial charge in [0.2, 0.25) is 0 Å². The van der Waals surface area contributed by atoms with Gasteiger partial charge in [-0.05, 0) is 68.5 Å². The molecule has 33 heavy (non-hydrogen) atoms. The second-order valence-electron chi connectivity index (χ2n) is 9.34. The first-order chi connectivity index (χ1) is 16.1. The van der Waals surface area contributed by atoms with Crippen LogP contribution in [-0.2, 0) is 0 Å². The Labute approximate surface area is 193 Å². The quantitative estimate of drug-likeness (QED) is 0.422. The number of rotatable bonds is 6. The number of aromatic nitrogens is 2. The molecule has 3 aromatic rings. The molecular formula is C27H30F2N4. The van der Waals surface area contributed by atoms with E-state index in [0.29, 0.717) is 23.2 Å². The summed E-state index contributed by atoms with van der Waals surface area (Å²) in [5.74, 6) is 0.656. The molecule has 2 aromatic heterocycles. The molecular weight excluding hydrogens is 418 g/mol. The van der Waals surface area contributed by atoms with E-state index in [1.807, 2.05) is 12.1 Å². The monoisotopic (exact) mass is 448 g/mol. The molecule has 0 unspecified atom stereocenters. The number of benzene rings is 1. The van der Waals surface area contributed by atoms with Gasteiger partial charge in [0.25, 0.3) is 0 Å². The highest BCUT2D eigenvalue weighted by Crippen LogP contribution is 2.35. The highest BCUT2D eigenvalue weighted by Gasteiger charge is 2.20. The van der Waals surface area contributed by atoms with Crippen LogP contribution in [0.1, 0.15) is 56.9 Å². The molecule has 0 saturated heterocycles. The van der Waals surface area contributed by atoms with Crippen LogP contribution in [0, 0.1) is 18.6 Å². The predicted octanol–water partition coefficient (Wildman–Crippen LogP) is 7.11. The van der Waals surface area contributed by atoms with Crippen molar-refractivity contribution >= 4 is 11.6 Å². The SMILES string of the molecule is Cc1c(F)c(-c2ccc(NC3CCCC3)nc2)cc(F)c1-c1ccc(NC2CCCC2)nc1. The van der Waals surface area contributed by atoms with Gasteiger partial charge >= 0.3 is 0 Å². The largest absolute Gasteiger partial charge is 0.367 e. The maximum Gasteiger partial charge on any atom is 0.134 e. The Morgan fingerprint density at radius 1 is 0.758 bits per heavy atom. The Morgan fingerprint density at radius 3 is 1.76 bits per heavy atom. The second kappa shape index (κ2) is 9.46. The fourth-order valence-electron chi connectivity index (χ4n) is 5.14. The third-order valence-corrected chi connectivity index (χ3v) is 6.99. The first-order valence-corrected chi connectivity index (χ1v) is 12.0. The minimum Gasteiger partial charge on any atom is -0.367 e. The molecule has 2 saturated carbocycles. The number of hydrogen-bond donors (Lipinski definition) is 2. The molecule has 4 nitrogen and oxygen atoms in total. The van der Waals surface area contributed by atoms with E-state index >= 15 is 8.78 Å². The number of anilines is 2. The molecule has 0 radical (unpaired) electrons. The summed E-state index contributed by atoms with van der Waals surface area (Å²) in [5.41, 5.74) is 1.88. The lowest BCUT2D eigenvalue weighted by Gasteiger charge is -2.16. The van der Waals surface area contributed by atoms with Gasteiger partial charge in [-0.25, -0.2) is 18.7 Å². The van der Waals surface area contributed by atoms with E-state index in [2.05, 4.69) is 20.6 Å². The molecule has 172 valence electrons. The first kappa shape index (κ1) is 21.8. The Hall–Kier alpha value is -3.02. The lowest BCUT2D eigenvalue weighted by molar-refractivity contribution is 0.598. The Bertz CT molecular complexity index is 1100. The van der Waals surface area contributed by atoms with Crippen LogP contribution in [0.2, 0.25) is 0 Å². The molecule has 1 aromatic carbocycles. The molecule has 0 aliphatic heterocycles. The smallest absolute Gasteiger partial charge is 0.134 e. The predicted molar refractivity (Wildman–Crippen MR) is 129 cm³/mol. The van der Waals surface area contributed by atoms with Gasteiger partial charge in [0, 0.05) is 46.7 Å². The van der Waals surface area contributed by atoms with Crippen LogP contribution in [0.4, 0.5) is 20.4 Å². The van der Waals surface area contributed by atoms with E-state index in [4.69, 9.17) is 0 Å². The van der Waals surface area contributed by atoms with Crippen LogP contribution < -0.4 is 10.6 Å². The zero-order chi connectivity index (χ0) is 22.8. The summed E-state index contributed by atoms with van der Waals surface area (Å²) in [5, 5.41) is 6.85. The number of pyridine rings is 2. The van der Waals surface area contributed by atoms with Crippen LogP contribution in [0.25, 0.3) is 22.3 Å². The summed E-state index contributed by atoms with van der Waals surface area (Å²) in [7, 11) is 0. The molecule has 0 bridgehead atoms. The summed E-state index contributed by atoms with van der Waals surface area (Å²) < 4.78 is 30.5. The lowest BCUT2D eigenvalue weighted by Crippen LogP contribution is -2.15. The van der Waals surface area contributed by atoms with E-state index in [-0.39, 0.29) is 16.7 Å². The fraction of sp³-hybridized carbons (Fsp3) is 0.407. The van der Waals surface area contributed by atoms with Crippen molar-refractivity contribution in [1.29, 1.82) is 0 Å². The van der Waals surface area contributed by atoms with Crippen molar-refractivity contribution < 1.29 is 8.78 Å². The maximum absolute atomic E-state index is 15.3. The van der Waals surface area contributed by atoms with Crippen molar-refractivity contribution in [2.75, 3.05) is 10.6 Å². The normalized spacial score (nSPS) is 16.9. The van der Waals surface area contributed by atoms with Crippen LogP contribution >= 0.6 is 0 Å². The molecule has 2 aliphatic rings. The lowest BCUT2D eigenvalue weighted by atomic mass is 9.95. The summed E-state index contributed by atoms with van der Waals surface area (Å²) >= 11 is 0. The zero-order valence-corrected chi connectivity index (χ0v) is 19.0. The molecule has 2 fully saturated rings. The van der Waals surface area contributed by atoms with E-state index in [0.717, 1.165) is 37.3 Å². The van der Waals surface area contributed by atoms with Gasteiger partial charge in [-0.15, -0.1) is 0 Å². The van der Waals surface area contributed by atoms with Crippen LogP contribution in [0.15, 0.2) is 42.7 Å². The van der Waals surface area contributed by atoms with Gasteiger partial charge in [0.15, 0.2) is 0 Å². The van der Waals surface area contributed by atoms with Crippen LogP contribution in [-0.4, -0.2) is 22.1 Å². The highest BCUT2D eigenvalue weighted by molar-refractivity contribution is 5.75. The average Bonchev–Trinajstić information content (AvgIpc) is 3.53. The average molecular weight is 449 g/mol. The Balaban J connectivity index is 1.37. The Kier molecular flexibility index (Phi) is 6.25. The van der Waals surface area contributed by atoms with Crippen molar-refractivity contribution in [2.45, 2.75) is 70.4 Å². The summed E-state index contributed by atoms with van der Waals surface area (Å²) in [6, 6.07) is 9.46. The van der Waals surface area contributed by atoms with Crippen molar-refractivity contribution in [3.63, 3.8) is 0 Å². The van der Waals surface area contributed by atoms with Gasteiger partial charge in [0.05, 0.1) is 0 Å². The van der Waals surface area contributed by atoms with Crippen LogP contribution in [0.3, 0.4) is 0 Å². The van der Waals surface area contributed by atoms with Crippen molar-refractivity contribution in [3.8, 4) is 22.3 Å². The van der Waals surface area contributed by atoms with Crippen LogP contribution in [0.5, 0.6) is 0 Å². The van der Waals surface area contributed by atoms with E-state index in [1.165, 1.54) is 31.7 Å². The molecule has 2 heterocycles. The maximum atomic E-state index is 15.3. The number of hydrogen-bond acceptors (Lipinski definition) is 4. The van der Waals surface area contributed by atoms with Gasteiger partial charge in [-0.2, -0.15) is 0 Å². The molecule has 0 atom stereocenters. The van der Waals surface area contributed by atoms with Crippen molar-refractivity contribution in [1.82, 2.24) is 9.97 Å². The molecule has 5 rings (SSSR count). The molecule has 0 spiro atoms. The van der Waals surface area contributed by atoms with Gasteiger partial charge in [-0.1, -0.05) is 25.7 Å². The number of nitrogens with one attached hydrogen (secondary N) is 2. The third kappa shape index (κ3) is 4.70. The molecule has 2 N–H and O–H groups in total. The molecule has 6 heteroatoms. The van der Waals surface area contributed by atoms with Gasteiger partial charge < -0.3 is 10.6 Å². The van der Waals surface area contributed by atoms with E-state index in [9.17, 15) is 0 Å². The standard InChI is InChI=1S/C27H30F2N4/c1-17-26(19-11-13-25(31-16-19)33-21-8-4-5-9-21)23(28)14-22(27(17)29)18-10-12-24(30-15-18)32-20-6-2-3-7-20/h10-16,20-21H,2-9H2,1H3,(H,30,32)(H,31,33). The molecule has 2 aliphatic carbocycles. The minimum atomic E-state index is -0.463. The van der Waals surface area contributed by atoms with E-state index < -0.39 is 11.6 Å². The van der Waals surface area contributed by atoms with Crippen molar-refractivity contribution in [2.24, 2.45) is 0 Å². The Morgan fingerprint density at radius 2 is 1.27 bits per heavy atom. The summed E-state index contributed by atoms with van der Waals surface area (Å²) in [6.07, 6.45) is 12.8.